The van der Waals surface area contributed by atoms with Gasteiger partial charge >= 0.3 is 6.61 Å². The van der Waals surface area contributed by atoms with Crippen LogP contribution in [0.5, 0.6) is 5.75 Å². The number of hydrogen-bond acceptors (Lipinski definition) is 4. The lowest BCUT2D eigenvalue weighted by molar-refractivity contribution is -0.0498. The van der Waals surface area contributed by atoms with Crippen molar-refractivity contribution in [1.82, 2.24) is 15.0 Å². The summed E-state index contributed by atoms with van der Waals surface area (Å²) in [7, 11) is 0. The van der Waals surface area contributed by atoms with Crippen molar-refractivity contribution < 1.29 is 13.5 Å². The molecule has 3 aromatic rings. The highest BCUT2D eigenvalue weighted by atomic mass is 19.3. The fraction of sp³-hybridized carbons (Fsp3) is 0.0625. The number of rotatable bonds is 2. The van der Waals surface area contributed by atoms with Crippen LogP contribution >= 0.6 is 0 Å². The number of pyridine rings is 1. The van der Waals surface area contributed by atoms with Crippen LogP contribution in [0.1, 0.15) is 11.3 Å². The van der Waals surface area contributed by atoms with Crippen LogP contribution in [0.2, 0.25) is 0 Å². The van der Waals surface area contributed by atoms with Crippen LogP contribution in [0.3, 0.4) is 0 Å². The zero-order chi connectivity index (χ0) is 15.4. The summed E-state index contributed by atoms with van der Waals surface area (Å²) < 4.78 is 28.4. The van der Waals surface area contributed by atoms with Crippen molar-refractivity contribution in [1.29, 1.82) is 0 Å². The summed E-state index contributed by atoms with van der Waals surface area (Å²) in [5, 5.41) is 0. The number of benzene rings is 1. The van der Waals surface area contributed by atoms with Gasteiger partial charge in [0.1, 0.15) is 17.0 Å². The monoisotopic (exact) mass is 297 g/mol. The number of fused-ring (bicyclic) bond motifs is 1. The van der Waals surface area contributed by atoms with Gasteiger partial charge in [-0.1, -0.05) is 5.92 Å². The second-order valence-corrected chi connectivity index (χ2v) is 4.25. The lowest BCUT2D eigenvalue weighted by atomic mass is 10.2. The van der Waals surface area contributed by atoms with Gasteiger partial charge in [0.25, 0.3) is 0 Å². The highest BCUT2D eigenvalue weighted by molar-refractivity contribution is 5.69. The molecule has 0 saturated heterocycles. The quantitative estimate of drug-likeness (QED) is 0.682. The van der Waals surface area contributed by atoms with Gasteiger partial charge in [0, 0.05) is 11.8 Å². The van der Waals surface area contributed by atoms with Crippen LogP contribution in [-0.4, -0.2) is 21.6 Å². The van der Waals surface area contributed by atoms with Crippen molar-refractivity contribution in [3.8, 4) is 17.6 Å². The molecule has 0 aliphatic carbocycles. The number of ether oxygens (including phenoxy) is 1. The van der Waals surface area contributed by atoms with Gasteiger partial charge in [-0.25, -0.2) is 15.0 Å². The van der Waals surface area contributed by atoms with Gasteiger partial charge in [0.05, 0.1) is 6.20 Å². The lowest BCUT2D eigenvalue weighted by Crippen LogP contribution is -2.01. The van der Waals surface area contributed by atoms with E-state index in [0.717, 1.165) is 0 Å². The summed E-state index contributed by atoms with van der Waals surface area (Å²) in [6.07, 6.45) is 3.20. The van der Waals surface area contributed by atoms with Crippen molar-refractivity contribution >= 4 is 11.2 Å². The normalized spacial score (nSPS) is 10.3. The summed E-state index contributed by atoms with van der Waals surface area (Å²) >= 11 is 0. The van der Waals surface area contributed by atoms with Gasteiger partial charge in [-0.3, -0.25) is 0 Å². The molecule has 0 N–H and O–H groups in total. The van der Waals surface area contributed by atoms with Crippen LogP contribution in [0, 0.1) is 11.8 Å². The minimum absolute atomic E-state index is 0.0928. The lowest BCUT2D eigenvalue weighted by Gasteiger charge is -2.02. The molecule has 1 aromatic carbocycles. The molecule has 0 spiro atoms. The van der Waals surface area contributed by atoms with Crippen molar-refractivity contribution in [2.24, 2.45) is 0 Å². The zero-order valence-electron chi connectivity index (χ0n) is 11.2. The maximum Gasteiger partial charge on any atom is 0.387 e. The largest absolute Gasteiger partial charge is 0.435 e. The molecule has 2 aromatic heterocycles. The highest BCUT2D eigenvalue weighted by Crippen LogP contribution is 2.14. The highest BCUT2D eigenvalue weighted by Gasteiger charge is 2.03. The first-order valence-corrected chi connectivity index (χ1v) is 6.35. The van der Waals surface area contributed by atoms with Gasteiger partial charge in [-0.2, -0.15) is 8.78 Å². The standard InChI is InChI=1S/C16H9F2N3O/c17-16(18)22-13-7-4-11(5-8-13)3-6-12-10-20-14-2-1-9-19-15(14)21-12/h1-2,4-5,7-10,16H. The number of nitrogens with zero attached hydrogens (tertiary/aromatic N) is 3. The van der Waals surface area contributed by atoms with E-state index < -0.39 is 6.61 Å². The Morgan fingerprint density at radius 1 is 1.00 bits per heavy atom. The molecule has 2 heterocycles. The Labute approximate surface area is 124 Å². The minimum atomic E-state index is -2.84. The predicted molar refractivity (Wildman–Crippen MR) is 76.4 cm³/mol. The second kappa shape index (κ2) is 6.14. The van der Waals surface area contributed by atoms with E-state index in [-0.39, 0.29) is 5.75 Å². The molecule has 0 bridgehead atoms. The van der Waals surface area contributed by atoms with Crippen molar-refractivity contribution in [3.63, 3.8) is 0 Å². The fourth-order valence-electron chi connectivity index (χ4n) is 1.77. The van der Waals surface area contributed by atoms with Crippen molar-refractivity contribution in [2.75, 3.05) is 0 Å². The SMILES string of the molecule is FC(F)Oc1ccc(C#Cc2cnc3cccnc3n2)cc1. The van der Waals surface area contributed by atoms with E-state index in [1.54, 1.807) is 30.6 Å². The van der Waals surface area contributed by atoms with Crippen LogP contribution in [0.4, 0.5) is 8.78 Å². The Morgan fingerprint density at radius 3 is 2.59 bits per heavy atom. The molecule has 0 unspecified atom stereocenters. The Kier molecular flexibility index (Phi) is 3.88. The summed E-state index contributed by atoms with van der Waals surface area (Å²) in [6.45, 7) is -2.84. The Hall–Kier alpha value is -3.07. The van der Waals surface area contributed by atoms with Crippen LogP contribution < -0.4 is 4.74 Å². The Bertz CT molecular complexity index is 854. The fourth-order valence-corrected chi connectivity index (χ4v) is 1.77. The number of aromatic nitrogens is 3. The molecule has 0 saturated carbocycles. The Balaban J connectivity index is 1.81. The average Bonchev–Trinajstić information content (AvgIpc) is 2.53. The van der Waals surface area contributed by atoms with E-state index in [1.807, 2.05) is 6.07 Å². The molecule has 108 valence electrons. The van der Waals surface area contributed by atoms with Gasteiger partial charge in [0.15, 0.2) is 5.65 Å². The van der Waals surface area contributed by atoms with Gasteiger partial charge in [-0.05, 0) is 42.3 Å². The maximum absolute atomic E-state index is 12.0. The predicted octanol–water partition coefficient (Wildman–Crippen LogP) is 3.03. The first kappa shape index (κ1) is 13.9. The molecular formula is C16H9F2N3O. The Morgan fingerprint density at radius 2 is 1.82 bits per heavy atom. The molecule has 4 nitrogen and oxygen atoms in total. The zero-order valence-corrected chi connectivity index (χ0v) is 11.2. The summed E-state index contributed by atoms with van der Waals surface area (Å²) in [5.74, 6) is 5.84. The molecule has 22 heavy (non-hydrogen) atoms. The summed E-state index contributed by atoms with van der Waals surface area (Å²) in [6, 6.07) is 9.65. The average molecular weight is 297 g/mol. The van der Waals surface area contributed by atoms with E-state index in [2.05, 4.69) is 31.5 Å². The summed E-state index contributed by atoms with van der Waals surface area (Å²) in [4.78, 5) is 12.6. The number of hydrogen-bond donors (Lipinski definition) is 0. The van der Waals surface area contributed by atoms with Crippen LogP contribution in [0.25, 0.3) is 11.2 Å². The molecule has 0 amide bonds. The molecule has 0 fully saturated rings. The van der Waals surface area contributed by atoms with Crippen LogP contribution in [-0.2, 0) is 0 Å². The topological polar surface area (TPSA) is 47.9 Å². The van der Waals surface area contributed by atoms with Gasteiger partial charge in [-0.15, -0.1) is 0 Å². The van der Waals surface area contributed by atoms with Crippen molar-refractivity contribution in [3.05, 3.63) is 60.0 Å². The van der Waals surface area contributed by atoms with E-state index in [9.17, 15) is 8.78 Å². The molecule has 0 radical (unpaired) electrons. The third kappa shape index (κ3) is 3.33. The minimum Gasteiger partial charge on any atom is -0.435 e. The second-order valence-electron chi connectivity index (χ2n) is 4.25. The van der Waals surface area contributed by atoms with E-state index in [4.69, 9.17) is 0 Å². The first-order chi connectivity index (χ1) is 10.7. The molecule has 0 aliphatic rings. The third-order valence-electron chi connectivity index (χ3n) is 2.73. The van der Waals surface area contributed by atoms with Gasteiger partial charge < -0.3 is 4.74 Å². The van der Waals surface area contributed by atoms with Crippen molar-refractivity contribution in [2.45, 2.75) is 6.61 Å². The number of halogens is 2. The van der Waals surface area contributed by atoms with Gasteiger partial charge in [0.2, 0.25) is 0 Å². The first-order valence-electron chi connectivity index (χ1n) is 6.35. The number of alkyl halides is 2. The molecular weight excluding hydrogens is 288 g/mol. The molecule has 0 atom stereocenters. The smallest absolute Gasteiger partial charge is 0.387 e. The maximum atomic E-state index is 12.0. The molecule has 6 heteroatoms. The van der Waals surface area contributed by atoms with E-state index in [1.165, 1.54) is 12.1 Å². The summed E-state index contributed by atoms with van der Waals surface area (Å²) in [5.41, 5.74) is 2.36. The molecule has 0 aliphatic heterocycles. The third-order valence-corrected chi connectivity index (χ3v) is 2.73. The van der Waals surface area contributed by atoms with E-state index >= 15 is 0 Å². The van der Waals surface area contributed by atoms with E-state index in [0.29, 0.717) is 22.4 Å². The molecule has 3 rings (SSSR count). The van der Waals surface area contributed by atoms with Crippen LogP contribution in [0.15, 0.2) is 48.8 Å².